The van der Waals surface area contributed by atoms with Gasteiger partial charge in [0.05, 0.1) is 6.10 Å². The van der Waals surface area contributed by atoms with Crippen molar-refractivity contribution < 1.29 is 19.3 Å². The van der Waals surface area contributed by atoms with Gasteiger partial charge in [-0.25, -0.2) is 14.7 Å². The Balaban J connectivity index is 2.09. The van der Waals surface area contributed by atoms with E-state index in [1.54, 1.807) is 0 Å². The lowest BCUT2D eigenvalue weighted by atomic mass is 10.2. The molecule has 1 saturated heterocycles. The van der Waals surface area contributed by atoms with Crippen LogP contribution in [-0.4, -0.2) is 48.9 Å². The Hall–Kier alpha value is -1.33. The lowest BCUT2D eigenvalue weighted by Crippen LogP contribution is -2.29. The maximum atomic E-state index is 11.6. The minimum absolute atomic E-state index is 0.0981. The SMILES string of the molecule is Nc1ncn([C@H]2C[C@H](O)[C@@H](COO[SiH3])O2)c(=O)n1. The quantitative estimate of drug-likeness (QED) is 0.340. The highest BCUT2D eigenvalue weighted by atomic mass is 28.2. The second kappa shape index (κ2) is 5.54. The number of anilines is 1. The van der Waals surface area contributed by atoms with Crippen molar-refractivity contribution in [2.75, 3.05) is 12.3 Å². The van der Waals surface area contributed by atoms with E-state index < -0.39 is 24.1 Å². The van der Waals surface area contributed by atoms with Gasteiger partial charge < -0.3 is 15.6 Å². The summed E-state index contributed by atoms with van der Waals surface area (Å²) >= 11 is 0. The Kier molecular flexibility index (Phi) is 4.03. The number of nitrogens with zero attached hydrogens (tertiary/aromatic N) is 3. The fourth-order valence-corrected chi connectivity index (χ4v) is 1.86. The van der Waals surface area contributed by atoms with Crippen molar-refractivity contribution in [3.8, 4) is 0 Å². The van der Waals surface area contributed by atoms with Gasteiger partial charge in [0.25, 0.3) is 0 Å². The van der Waals surface area contributed by atoms with Gasteiger partial charge in [0.1, 0.15) is 25.3 Å². The van der Waals surface area contributed by atoms with Crippen LogP contribution in [0.15, 0.2) is 11.1 Å². The van der Waals surface area contributed by atoms with Crippen molar-refractivity contribution >= 4 is 16.4 Å². The number of hydrogen-bond acceptors (Lipinski definition) is 8. The predicted octanol–water partition coefficient (Wildman–Crippen LogP) is -2.90. The van der Waals surface area contributed by atoms with Crippen LogP contribution in [0.3, 0.4) is 0 Å². The standard InChI is InChI=1S/C8H14N4O5Si/c9-7-10-3-12(8(14)11-7)6-1-4(13)5(16-6)2-15-17-18/h3-6,13H,1-2H2,18H3,(H2,9,11,14)/t4-,5+,6+/m0/s1. The number of rotatable bonds is 4. The van der Waals surface area contributed by atoms with Crippen LogP contribution in [0.2, 0.25) is 0 Å². The van der Waals surface area contributed by atoms with Crippen LogP contribution in [0, 0.1) is 0 Å². The molecule has 1 aliphatic rings. The van der Waals surface area contributed by atoms with Gasteiger partial charge in [-0.05, 0) is 0 Å². The van der Waals surface area contributed by atoms with Gasteiger partial charge in [-0.15, -0.1) is 0 Å². The van der Waals surface area contributed by atoms with Gasteiger partial charge in [0, 0.05) is 6.42 Å². The first-order chi connectivity index (χ1) is 8.61. The zero-order valence-electron chi connectivity index (χ0n) is 9.72. The Morgan fingerprint density at radius 1 is 1.72 bits per heavy atom. The minimum atomic E-state index is -0.740. The number of nitrogen functional groups attached to an aromatic ring is 1. The molecule has 0 spiro atoms. The zero-order valence-corrected chi connectivity index (χ0v) is 11.7. The maximum absolute atomic E-state index is 11.6. The molecular weight excluding hydrogens is 260 g/mol. The molecule has 9 nitrogen and oxygen atoms in total. The van der Waals surface area contributed by atoms with E-state index >= 15 is 0 Å². The average Bonchev–Trinajstić information content (AvgIpc) is 2.68. The number of ether oxygens (including phenoxy) is 1. The molecule has 1 aliphatic heterocycles. The summed E-state index contributed by atoms with van der Waals surface area (Å²) in [6, 6.07) is 0. The van der Waals surface area contributed by atoms with E-state index in [0.717, 1.165) is 0 Å². The monoisotopic (exact) mass is 274 g/mol. The van der Waals surface area contributed by atoms with Crippen molar-refractivity contribution in [3.05, 3.63) is 16.8 Å². The first kappa shape index (κ1) is 13.1. The molecule has 18 heavy (non-hydrogen) atoms. The summed E-state index contributed by atoms with van der Waals surface area (Å²) in [5.74, 6) is -0.0981. The topological polar surface area (TPSA) is 122 Å². The number of aromatic nitrogens is 3. The number of aliphatic hydroxyl groups is 1. The lowest BCUT2D eigenvalue weighted by Gasteiger charge is -2.14. The van der Waals surface area contributed by atoms with Crippen LogP contribution in [0.25, 0.3) is 0 Å². The minimum Gasteiger partial charge on any atom is -0.390 e. The molecule has 100 valence electrons. The van der Waals surface area contributed by atoms with Crippen molar-refractivity contribution in [2.45, 2.75) is 24.9 Å². The third-order valence-electron chi connectivity index (χ3n) is 2.61. The van der Waals surface area contributed by atoms with E-state index in [0.29, 0.717) is 10.5 Å². The fraction of sp³-hybridized carbons (Fsp3) is 0.625. The summed E-state index contributed by atoms with van der Waals surface area (Å²) in [6.45, 7) is 0.103. The van der Waals surface area contributed by atoms with Crippen LogP contribution in [-0.2, 0) is 14.2 Å². The van der Waals surface area contributed by atoms with Crippen molar-refractivity contribution in [1.82, 2.24) is 14.5 Å². The molecule has 10 heteroatoms. The molecular formula is C8H14N4O5Si. The molecule has 0 saturated carbocycles. The Labute approximate surface area is 105 Å². The molecule has 0 bridgehead atoms. The van der Waals surface area contributed by atoms with Crippen LogP contribution >= 0.6 is 0 Å². The van der Waals surface area contributed by atoms with Crippen LogP contribution < -0.4 is 11.4 Å². The number of aliphatic hydroxyl groups excluding tert-OH is 1. The molecule has 0 aromatic carbocycles. The molecule has 0 unspecified atom stereocenters. The normalized spacial score (nSPS) is 27.7. The molecule has 0 amide bonds. The highest BCUT2D eigenvalue weighted by Gasteiger charge is 2.36. The molecule has 1 aromatic rings. The lowest BCUT2D eigenvalue weighted by molar-refractivity contribution is -0.231. The first-order valence-corrected chi connectivity index (χ1v) is 6.13. The van der Waals surface area contributed by atoms with Gasteiger partial charge in [-0.3, -0.25) is 9.14 Å². The summed E-state index contributed by atoms with van der Waals surface area (Å²) in [4.78, 5) is 23.5. The van der Waals surface area contributed by atoms with Gasteiger partial charge in [-0.1, -0.05) is 0 Å². The van der Waals surface area contributed by atoms with Gasteiger partial charge in [0.15, 0.2) is 10.5 Å². The molecule has 1 aromatic heterocycles. The van der Waals surface area contributed by atoms with E-state index in [9.17, 15) is 9.90 Å². The maximum Gasteiger partial charge on any atom is 0.354 e. The summed E-state index contributed by atoms with van der Waals surface area (Å²) in [5, 5.41) is 9.76. The highest BCUT2D eigenvalue weighted by Crippen LogP contribution is 2.27. The smallest absolute Gasteiger partial charge is 0.354 e. The van der Waals surface area contributed by atoms with E-state index in [2.05, 4.69) is 14.5 Å². The highest BCUT2D eigenvalue weighted by molar-refractivity contribution is 5.97. The van der Waals surface area contributed by atoms with Crippen molar-refractivity contribution in [3.63, 3.8) is 0 Å². The predicted molar refractivity (Wildman–Crippen MR) is 62.2 cm³/mol. The second-order valence-electron chi connectivity index (χ2n) is 3.79. The molecule has 2 rings (SSSR count). The summed E-state index contributed by atoms with van der Waals surface area (Å²) in [6.07, 6.45) is -0.419. The molecule has 3 atom stereocenters. The largest absolute Gasteiger partial charge is 0.390 e. The fourth-order valence-electron chi connectivity index (χ4n) is 1.72. The van der Waals surface area contributed by atoms with E-state index in [4.69, 9.17) is 15.4 Å². The Morgan fingerprint density at radius 3 is 3.17 bits per heavy atom. The van der Waals surface area contributed by atoms with Crippen LogP contribution in [0.5, 0.6) is 0 Å². The number of nitrogens with two attached hydrogens (primary N) is 1. The van der Waals surface area contributed by atoms with E-state index in [1.807, 2.05) is 0 Å². The molecule has 3 N–H and O–H groups in total. The molecule has 0 radical (unpaired) electrons. The second-order valence-corrected chi connectivity index (χ2v) is 4.12. The number of hydrogen-bond donors (Lipinski definition) is 2. The van der Waals surface area contributed by atoms with Crippen molar-refractivity contribution in [2.24, 2.45) is 0 Å². The summed E-state index contributed by atoms with van der Waals surface area (Å²) in [7, 11) is 0.433. The average molecular weight is 274 g/mol. The third kappa shape index (κ3) is 2.73. The third-order valence-corrected chi connectivity index (χ3v) is 2.85. The van der Waals surface area contributed by atoms with E-state index in [-0.39, 0.29) is 19.0 Å². The zero-order chi connectivity index (χ0) is 13.1. The van der Waals surface area contributed by atoms with Gasteiger partial charge in [-0.2, -0.15) is 4.98 Å². The van der Waals surface area contributed by atoms with Gasteiger partial charge in [0.2, 0.25) is 5.95 Å². The molecule has 2 heterocycles. The van der Waals surface area contributed by atoms with Gasteiger partial charge >= 0.3 is 5.69 Å². The Bertz CT molecular complexity index is 469. The molecule has 1 fully saturated rings. The van der Waals surface area contributed by atoms with Crippen molar-refractivity contribution in [1.29, 1.82) is 0 Å². The molecule has 0 aliphatic carbocycles. The van der Waals surface area contributed by atoms with E-state index in [1.165, 1.54) is 10.9 Å². The summed E-state index contributed by atoms with van der Waals surface area (Å²) in [5.41, 5.74) is 4.72. The first-order valence-electron chi connectivity index (χ1n) is 5.31. The summed E-state index contributed by atoms with van der Waals surface area (Å²) < 4.78 is 11.2. The Morgan fingerprint density at radius 2 is 2.50 bits per heavy atom. The van der Waals surface area contributed by atoms with Crippen LogP contribution in [0.4, 0.5) is 5.95 Å². The van der Waals surface area contributed by atoms with Crippen LogP contribution in [0.1, 0.15) is 12.6 Å².